The zero-order valence-electron chi connectivity index (χ0n) is 15.0. The maximum absolute atomic E-state index is 5.38. The molecule has 2 rings (SSSR count). The number of nitrogens with zero attached hydrogens (tertiary/aromatic N) is 1. The van der Waals surface area contributed by atoms with Crippen molar-refractivity contribution in [3.8, 4) is 0 Å². The van der Waals surface area contributed by atoms with E-state index in [1.165, 1.54) is 11.1 Å². The Balaban J connectivity index is 1.64. The summed E-state index contributed by atoms with van der Waals surface area (Å²) in [5.74, 6) is 0. The molecular formula is C19H33N3O. The molecule has 1 aliphatic rings. The van der Waals surface area contributed by atoms with Gasteiger partial charge in [-0.05, 0) is 24.5 Å². The number of nitrogens with one attached hydrogen (secondary N) is 2. The van der Waals surface area contributed by atoms with Crippen molar-refractivity contribution in [1.82, 2.24) is 15.5 Å². The summed E-state index contributed by atoms with van der Waals surface area (Å²) in [5, 5.41) is 7.09. The number of morpholine rings is 1. The number of hydrogen-bond acceptors (Lipinski definition) is 4. The molecule has 0 aliphatic carbocycles. The monoisotopic (exact) mass is 319 g/mol. The van der Waals surface area contributed by atoms with Crippen molar-refractivity contribution in [2.45, 2.75) is 45.8 Å². The Morgan fingerprint density at radius 1 is 1.00 bits per heavy atom. The Hall–Kier alpha value is -0.940. The Morgan fingerprint density at radius 2 is 1.65 bits per heavy atom. The van der Waals surface area contributed by atoms with Crippen LogP contribution in [0.2, 0.25) is 0 Å². The topological polar surface area (TPSA) is 36.5 Å². The van der Waals surface area contributed by atoms with Gasteiger partial charge < -0.3 is 15.4 Å². The van der Waals surface area contributed by atoms with Gasteiger partial charge >= 0.3 is 0 Å². The first kappa shape index (κ1) is 18.4. The second-order valence-corrected chi connectivity index (χ2v) is 6.87. The maximum Gasteiger partial charge on any atom is 0.0594 e. The van der Waals surface area contributed by atoms with E-state index in [9.17, 15) is 0 Å². The summed E-state index contributed by atoms with van der Waals surface area (Å²) in [6.07, 6.45) is 1.08. The molecule has 1 heterocycles. The SMILES string of the molecule is CC(C)NCc1ccc(CC(C)NCCN2CCOCC2)cc1. The fraction of sp³-hybridized carbons (Fsp3) is 0.684. The summed E-state index contributed by atoms with van der Waals surface area (Å²) >= 11 is 0. The molecule has 1 aromatic carbocycles. The van der Waals surface area contributed by atoms with Crippen molar-refractivity contribution in [2.75, 3.05) is 39.4 Å². The zero-order valence-corrected chi connectivity index (χ0v) is 15.0. The van der Waals surface area contributed by atoms with Gasteiger partial charge in [0.25, 0.3) is 0 Å². The minimum absolute atomic E-state index is 0.510. The van der Waals surface area contributed by atoms with Gasteiger partial charge in [-0.15, -0.1) is 0 Å². The van der Waals surface area contributed by atoms with E-state index in [4.69, 9.17) is 4.74 Å². The molecule has 1 unspecified atom stereocenters. The van der Waals surface area contributed by atoms with Gasteiger partial charge in [0.15, 0.2) is 0 Å². The number of ether oxygens (including phenoxy) is 1. The van der Waals surface area contributed by atoms with E-state index in [0.29, 0.717) is 12.1 Å². The van der Waals surface area contributed by atoms with Gasteiger partial charge in [-0.2, -0.15) is 0 Å². The number of benzene rings is 1. The van der Waals surface area contributed by atoms with Crippen LogP contribution in [0.1, 0.15) is 31.9 Å². The van der Waals surface area contributed by atoms with Crippen molar-refractivity contribution in [3.63, 3.8) is 0 Å². The van der Waals surface area contributed by atoms with Gasteiger partial charge in [-0.3, -0.25) is 4.90 Å². The predicted molar refractivity (Wildman–Crippen MR) is 96.8 cm³/mol. The van der Waals surface area contributed by atoms with Gasteiger partial charge in [0, 0.05) is 44.8 Å². The molecule has 1 atom stereocenters. The van der Waals surface area contributed by atoms with Crippen molar-refractivity contribution in [2.24, 2.45) is 0 Å². The third-order valence-electron chi connectivity index (χ3n) is 4.30. The van der Waals surface area contributed by atoms with Crippen molar-refractivity contribution >= 4 is 0 Å². The second-order valence-electron chi connectivity index (χ2n) is 6.87. The lowest BCUT2D eigenvalue weighted by Gasteiger charge is -2.27. The fourth-order valence-corrected chi connectivity index (χ4v) is 2.83. The molecule has 0 bridgehead atoms. The summed E-state index contributed by atoms with van der Waals surface area (Å²) in [5.41, 5.74) is 2.76. The molecular weight excluding hydrogens is 286 g/mol. The summed E-state index contributed by atoms with van der Waals surface area (Å²) in [6, 6.07) is 10.0. The highest BCUT2D eigenvalue weighted by Gasteiger charge is 2.10. The molecule has 4 nitrogen and oxygen atoms in total. The van der Waals surface area contributed by atoms with Crippen molar-refractivity contribution in [1.29, 1.82) is 0 Å². The molecule has 0 aromatic heterocycles. The van der Waals surface area contributed by atoms with Gasteiger partial charge in [0.2, 0.25) is 0 Å². The van der Waals surface area contributed by atoms with E-state index < -0.39 is 0 Å². The number of hydrogen-bond donors (Lipinski definition) is 2. The summed E-state index contributed by atoms with van der Waals surface area (Å²) in [7, 11) is 0. The molecule has 0 spiro atoms. The molecule has 2 N–H and O–H groups in total. The van der Waals surface area contributed by atoms with Gasteiger partial charge in [0.1, 0.15) is 0 Å². The molecule has 4 heteroatoms. The van der Waals surface area contributed by atoms with Crippen LogP contribution in [-0.4, -0.2) is 56.4 Å². The molecule has 0 amide bonds. The van der Waals surface area contributed by atoms with Crippen LogP contribution in [0.3, 0.4) is 0 Å². The highest BCUT2D eigenvalue weighted by atomic mass is 16.5. The minimum Gasteiger partial charge on any atom is -0.379 e. The lowest BCUT2D eigenvalue weighted by molar-refractivity contribution is 0.0382. The molecule has 130 valence electrons. The normalized spacial score (nSPS) is 17.6. The largest absolute Gasteiger partial charge is 0.379 e. The highest BCUT2D eigenvalue weighted by Crippen LogP contribution is 2.07. The molecule has 1 aromatic rings. The quantitative estimate of drug-likeness (QED) is 0.730. The van der Waals surface area contributed by atoms with E-state index in [-0.39, 0.29) is 0 Å². The van der Waals surface area contributed by atoms with Gasteiger partial charge in [-0.1, -0.05) is 38.1 Å². The van der Waals surface area contributed by atoms with E-state index >= 15 is 0 Å². The summed E-state index contributed by atoms with van der Waals surface area (Å²) in [6.45, 7) is 13.7. The van der Waals surface area contributed by atoms with E-state index in [1.54, 1.807) is 0 Å². The Morgan fingerprint density at radius 3 is 2.30 bits per heavy atom. The second kappa shape index (κ2) is 10.0. The van der Waals surface area contributed by atoms with Crippen molar-refractivity contribution in [3.05, 3.63) is 35.4 Å². The van der Waals surface area contributed by atoms with E-state index in [0.717, 1.165) is 52.4 Å². The average molecular weight is 319 g/mol. The lowest BCUT2D eigenvalue weighted by atomic mass is 10.0. The first-order valence-electron chi connectivity index (χ1n) is 8.98. The average Bonchev–Trinajstić information content (AvgIpc) is 2.55. The molecule has 0 saturated carbocycles. The summed E-state index contributed by atoms with van der Waals surface area (Å²) in [4.78, 5) is 2.47. The molecule has 0 radical (unpaired) electrons. The smallest absolute Gasteiger partial charge is 0.0594 e. The molecule has 1 aliphatic heterocycles. The Kier molecular flexibility index (Phi) is 8.03. The first-order valence-corrected chi connectivity index (χ1v) is 8.98. The van der Waals surface area contributed by atoms with Gasteiger partial charge in [-0.25, -0.2) is 0 Å². The van der Waals surface area contributed by atoms with E-state index in [1.807, 2.05) is 0 Å². The van der Waals surface area contributed by atoms with Crippen LogP contribution >= 0.6 is 0 Å². The van der Waals surface area contributed by atoms with Gasteiger partial charge in [0.05, 0.1) is 13.2 Å². The molecule has 1 saturated heterocycles. The number of rotatable bonds is 9. The van der Waals surface area contributed by atoms with E-state index in [2.05, 4.69) is 60.6 Å². The Labute approximate surface area is 141 Å². The maximum atomic E-state index is 5.38. The first-order chi connectivity index (χ1) is 11.1. The van der Waals surface area contributed by atoms with Crippen LogP contribution < -0.4 is 10.6 Å². The molecule has 23 heavy (non-hydrogen) atoms. The van der Waals surface area contributed by atoms with Crippen molar-refractivity contribution < 1.29 is 4.74 Å². The third kappa shape index (κ3) is 7.44. The highest BCUT2D eigenvalue weighted by molar-refractivity contribution is 5.23. The van der Waals surface area contributed by atoms with Crippen LogP contribution in [-0.2, 0) is 17.7 Å². The fourth-order valence-electron chi connectivity index (χ4n) is 2.83. The van der Waals surface area contributed by atoms with Crippen LogP contribution in [0.5, 0.6) is 0 Å². The van der Waals surface area contributed by atoms with Crippen LogP contribution in [0, 0.1) is 0 Å². The standard InChI is InChI=1S/C19H33N3O/c1-16(2)21-15-19-6-4-18(5-7-19)14-17(3)20-8-9-22-10-12-23-13-11-22/h4-7,16-17,20-21H,8-15H2,1-3H3. The Bertz CT molecular complexity index is 427. The van der Waals surface area contributed by atoms with Crippen LogP contribution in [0.25, 0.3) is 0 Å². The van der Waals surface area contributed by atoms with Crippen LogP contribution in [0.15, 0.2) is 24.3 Å². The minimum atomic E-state index is 0.510. The zero-order chi connectivity index (χ0) is 16.5. The molecule has 1 fully saturated rings. The predicted octanol–water partition coefficient (Wildman–Crippen LogP) is 2.04. The third-order valence-corrected chi connectivity index (χ3v) is 4.30. The lowest BCUT2D eigenvalue weighted by Crippen LogP contribution is -2.42. The van der Waals surface area contributed by atoms with Crippen LogP contribution in [0.4, 0.5) is 0 Å². The summed E-state index contributed by atoms with van der Waals surface area (Å²) < 4.78 is 5.38.